The molecule has 0 saturated carbocycles. The maximum absolute atomic E-state index is 12.5. The number of amides is 3. The molecular weight excluding hydrogens is 370 g/mol. The lowest BCUT2D eigenvalue weighted by molar-refractivity contribution is -0.130. The number of fused-ring (bicyclic) bond motifs is 1. The zero-order valence-corrected chi connectivity index (χ0v) is 16.4. The minimum absolute atomic E-state index is 0.00354. The van der Waals surface area contributed by atoms with Gasteiger partial charge in [-0.2, -0.15) is 0 Å². The van der Waals surface area contributed by atoms with Crippen LogP contribution in [0, 0.1) is 6.92 Å². The number of anilines is 1. The van der Waals surface area contributed by atoms with Gasteiger partial charge in [0.05, 0.1) is 0 Å². The second-order valence-corrected chi connectivity index (χ2v) is 6.93. The van der Waals surface area contributed by atoms with Gasteiger partial charge in [0.1, 0.15) is 5.75 Å². The summed E-state index contributed by atoms with van der Waals surface area (Å²) >= 11 is 0. The number of carbonyl (C=O) groups excluding carboxylic acids is 3. The predicted octanol–water partition coefficient (Wildman–Crippen LogP) is 2.28. The number of para-hydroxylation sites is 2. The van der Waals surface area contributed by atoms with E-state index in [0.29, 0.717) is 12.3 Å². The van der Waals surface area contributed by atoms with Crippen LogP contribution in [-0.4, -0.2) is 30.9 Å². The van der Waals surface area contributed by atoms with Gasteiger partial charge in [-0.25, -0.2) is 0 Å². The van der Waals surface area contributed by atoms with Crippen LogP contribution in [0.4, 0.5) is 5.69 Å². The molecule has 1 heterocycles. The molecule has 0 aromatic heterocycles. The van der Waals surface area contributed by atoms with Crippen LogP contribution < -0.4 is 20.5 Å². The van der Waals surface area contributed by atoms with E-state index >= 15 is 0 Å². The summed E-state index contributed by atoms with van der Waals surface area (Å²) in [6.07, 6.45) is 1.94. The highest BCUT2D eigenvalue weighted by Gasteiger charge is 2.22. The molecule has 3 amide bonds. The Morgan fingerprint density at radius 2 is 1.69 bits per heavy atom. The summed E-state index contributed by atoms with van der Waals surface area (Å²) in [5, 5.41) is 0. The molecule has 2 N–H and O–H groups in total. The van der Waals surface area contributed by atoms with Crippen LogP contribution in [0.15, 0.2) is 48.5 Å². The summed E-state index contributed by atoms with van der Waals surface area (Å²) in [4.78, 5) is 38.1. The number of carbonyl (C=O) groups is 3. The minimum Gasteiger partial charge on any atom is -0.483 e. The van der Waals surface area contributed by atoms with Gasteiger partial charge in [0.2, 0.25) is 11.8 Å². The Hall–Kier alpha value is -3.35. The van der Waals surface area contributed by atoms with E-state index in [9.17, 15) is 14.4 Å². The number of hydrogen-bond donors (Lipinski definition) is 2. The van der Waals surface area contributed by atoms with Crippen molar-refractivity contribution in [2.45, 2.75) is 32.6 Å². The van der Waals surface area contributed by atoms with E-state index in [1.165, 1.54) is 0 Å². The fraction of sp³-hybridized carbons (Fsp3) is 0.318. The normalized spacial score (nSPS) is 12.7. The minimum atomic E-state index is -0.474. The molecule has 0 fully saturated rings. The number of hydrazine groups is 1. The highest BCUT2D eigenvalue weighted by molar-refractivity contribution is 5.96. The van der Waals surface area contributed by atoms with Gasteiger partial charge in [0.25, 0.3) is 5.91 Å². The third-order valence-electron chi connectivity index (χ3n) is 4.77. The Bertz CT molecular complexity index is 897. The molecule has 0 aliphatic carbocycles. The van der Waals surface area contributed by atoms with Gasteiger partial charge < -0.3 is 9.64 Å². The number of nitrogens with one attached hydrogen (secondary N) is 2. The lowest BCUT2D eigenvalue weighted by Crippen LogP contribution is -2.44. The zero-order chi connectivity index (χ0) is 20.6. The summed E-state index contributed by atoms with van der Waals surface area (Å²) in [7, 11) is 0. The van der Waals surface area contributed by atoms with E-state index in [1.807, 2.05) is 49.4 Å². The number of hydrogen-bond acceptors (Lipinski definition) is 4. The van der Waals surface area contributed by atoms with Crippen molar-refractivity contribution in [3.63, 3.8) is 0 Å². The first-order valence-electron chi connectivity index (χ1n) is 9.69. The number of aryl methyl sites for hydroxylation is 2. The third kappa shape index (κ3) is 5.57. The van der Waals surface area contributed by atoms with Crippen LogP contribution in [0.25, 0.3) is 0 Å². The SMILES string of the molecule is Cc1ccccc1OCC(=O)NNC(=O)CCC(=O)N1CCCc2ccccc21. The van der Waals surface area contributed by atoms with Gasteiger partial charge in [-0.15, -0.1) is 0 Å². The van der Waals surface area contributed by atoms with Crippen molar-refractivity contribution in [1.82, 2.24) is 10.9 Å². The highest BCUT2D eigenvalue weighted by atomic mass is 16.5. The predicted molar refractivity (Wildman–Crippen MR) is 109 cm³/mol. The second-order valence-electron chi connectivity index (χ2n) is 6.93. The number of rotatable bonds is 6. The molecule has 1 aliphatic rings. The number of nitrogens with zero attached hydrogens (tertiary/aromatic N) is 1. The molecule has 0 radical (unpaired) electrons. The van der Waals surface area contributed by atoms with Gasteiger partial charge >= 0.3 is 0 Å². The first-order chi connectivity index (χ1) is 14.0. The Balaban J connectivity index is 1.39. The van der Waals surface area contributed by atoms with Crippen molar-refractivity contribution in [2.24, 2.45) is 0 Å². The van der Waals surface area contributed by atoms with E-state index in [0.717, 1.165) is 29.7 Å². The van der Waals surface area contributed by atoms with Crippen molar-refractivity contribution in [2.75, 3.05) is 18.1 Å². The lowest BCUT2D eigenvalue weighted by Gasteiger charge is -2.29. The molecule has 2 aromatic rings. The van der Waals surface area contributed by atoms with Gasteiger partial charge in [-0.3, -0.25) is 25.2 Å². The molecule has 1 aliphatic heterocycles. The summed E-state index contributed by atoms with van der Waals surface area (Å²) in [6.45, 7) is 2.33. The quantitative estimate of drug-likeness (QED) is 0.735. The fourth-order valence-corrected chi connectivity index (χ4v) is 3.25. The smallest absolute Gasteiger partial charge is 0.276 e. The average molecular weight is 395 g/mol. The summed E-state index contributed by atoms with van der Waals surface area (Å²) in [5.41, 5.74) is 7.62. The van der Waals surface area contributed by atoms with Crippen LogP contribution in [0.2, 0.25) is 0 Å². The molecule has 3 rings (SSSR count). The molecular formula is C22H25N3O4. The maximum atomic E-state index is 12.5. The highest BCUT2D eigenvalue weighted by Crippen LogP contribution is 2.27. The largest absolute Gasteiger partial charge is 0.483 e. The van der Waals surface area contributed by atoms with Crippen molar-refractivity contribution in [1.29, 1.82) is 0 Å². The van der Waals surface area contributed by atoms with E-state index in [4.69, 9.17) is 4.74 Å². The molecule has 152 valence electrons. The second kappa shape index (κ2) is 9.73. The Morgan fingerprint density at radius 3 is 2.52 bits per heavy atom. The van der Waals surface area contributed by atoms with Crippen LogP contribution in [0.1, 0.15) is 30.4 Å². The van der Waals surface area contributed by atoms with Crippen LogP contribution in [0.5, 0.6) is 5.75 Å². The summed E-state index contributed by atoms with van der Waals surface area (Å²) in [6, 6.07) is 15.2. The summed E-state index contributed by atoms with van der Waals surface area (Å²) < 4.78 is 5.42. The first-order valence-corrected chi connectivity index (χ1v) is 9.69. The van der Waals surface area contributed by atoms with Gasteiger partial charge in [-0.05, 0) is 43.0 Å². The number of ether oxygens (including phenoxy) is 1. The molecule has 2 aromatic carbocycles. The Kier molecular flexibility index (Phi) is 6.84. The van der Waals surface area contributed by atoms with E-state index in [-0.39, 0.29) is 25.4 Å². The monoisotopic (exact) mass is 395 g/mol. The average Bonchev–Trinajstić information content (AvgIpc) is 2.75. The Morgan fingerprint density at radius 1 is 0.966 bits per heavy atom. The Labute approximate surface area is 170 Å². The first kappa shape index (κ1) is 20.4. The van der Waals surface area contributed by atoms with Crippen LogP contribution >= 0.6 is 0 Å². The molecule has 0 unspecified atom stereocenters. The van der Waals surface area contributed by atoms with Crippen molar-refractivity contribution >= 4 is 23.4 Å². The lowest BCUT2D eigenvalue weighted by atomic mass is 10.0. The molecule has 0 atom stereocenters. The van der Waals surface area contributed by atoms with Crippen molar-refractivity contribution in [3.05, 3.63) is 59.7 Å². The van der Waals surface area contributed by atoms with Crippen LogP contribution in [-0.2, 0) is 20.8 Å². The fourth-order valence-electron chi connectivity index (χ4n) is 3.25. The maximum Gasteiger partial charge on any atom is 0.276 e. The topological polar surface area (TPSA) is 87.7 Å². The van der Waals surface area contributed by atoms with Gasteiger partial charge in [-0.1, -0.05) is 36.4 Å². The molecule has 0 bridgehead atoms. The molecule has 0 spiro atoms. The molecule has 7 nitrogen and oxygen atoms in total. The number of benzene rings is 2. The third-order valence-corrected chi connectivity index (χ3v) is 4.77. The van der Waals surface area contributed by atoms with E-state index in [1.54, 1.807) is 11.0 Å². The molecule has 29 heavy (non-hydrogen) atoms. The van der Waals surface area contributed by atoms with E-state index < -0.39 is 11.8 Å². The zero-order valence-electron chi connectivity index (χ0n) is 16.4. The van der Waals surface area contributed by atoms with Gasteiger partial charge in [0, 0.05) is 25.1 Å². The van der Waals surface area contributed by atoms with Crippen molar-refractivity contribution in [3.8, 4) is 5.75 Å². The molecule has 0 saturated heterocycles. The van der Waals surface area contributed by atoms with Gasteiger partial charge in [0.15, 0.2) is 6.61 Å². The van der Waals surface area contributed by atoms with E-state index in [2.05, 4.69) is 10.9 Å². The van der Waals surface area contributed by atoms with Crippen LogP contribution in [0.3, 0.4) is 0 Å². The summed E-state index contributed by atoms with van der Waals surface area (Å²) in [5.74, 6) is -0.381. The molecule has 7 heteroatoms. The van der Waals surface area contributed by atoms with Crippen molar-refractivity contribution < 1.29 is 19.1 Å². The standard InChI is InChI=1S/C22H25N3O4/c1-16-7-2-5-11-19(16)29-15-21(27)24-23-20(26)12-13-22(28)25-14-6-9-17-8-3-4-10-18(17)25/h2-5,7-8,10-11H,6,9,12-15H2,1H3,(H,23,26)(H,24,27).